The smallest absolute Gasteiger partial charge is 0.130 e. The van der Waals surface area contributed by atoms with E-state index in [1.165, 1.54) is 0 Å². The van der Waals surface area contributed by atoms with Gasteiger partial charge in [0.05, 0.1) is 6.61 Å². The Morgan fingerprint density at radius 1 is 1.41 bits per heavy atom. The number of phenols is 1. The second kappa shape index (κ2) is 3.91. The maximum absolute atomic E-state index is 9.86. The van der Waals surface area contributed by atoms with Crippen molar-refractivity contribution in [2.75, 3.05) is 6.61 Å². The minimum Gasteiger partial charge on any atom is -0.508 e. The molecular weight excluding hydrogens is 216 g/mol. The van der Waals surface area contributed by atoms with Crippen molar-refractivity contribution >= 4 is 0 Å². The molecule has 0 aliphatic carbocycles. The molecule has 0 amide bonds. The van der Waals surface area contributed by atoms with Crippen molar-refractivity contribution < 1.29 is 14.9 Å². The first-order valence-electron chi connectivity index (χ1n) is 6.01. The summed E-state index contributed by atoms with van der Waals surface area (Å²) in [6.07, 6.45) is 0.762. The highest BCUT2D eigenvalue weighted by Crippen LogP contribution is 2.45. The molecule has 0 bridgehead atoms. The average Bonchev–Trinajstić information content (AvgIpc) is 2.28. The zero-order valence-corrected chi connectivity index (χ0v) is 10.9. The fraction of sp³-hybridized carbons (Fsp3) is 0.571. The number of rotatable bonds is 1. The molecule has 0 saturated carbocycles. The summed E-state index contributed by atoms with van der Waals surface area (Å²) in [5.74, 6) is 1.43. The van der Waals surface area contributed by atoms with Crippen LogP contribution in [0.15, 0.2) is 6.07 Å². The molecule has 1 aliphatic heterocycles. The highest BCUT2D eigenvalue weighted by molar-refractivity contribution is 5.54. The number of phenolic OH excluding ortho intramolecular Hbond substituents is 1. The molecule has 0 radical (unpaired) electrons. The van der Waals surface area contributed by atoms with Crippen LogP contribution in [0.3, 0.4) is 0 Å². The van der Waals surface area contributed by atoms with E-state index in [4.69, 9.17) is 4.74 Å². The molecule has 0 fully saturated rings. The standard InChI is InChI=1S/C14H20O3/c1-8-6-14(4,7-15)17-13-10(3)9(2)12(16)5-11(8)13/h5,8,15-16H,6-7H2,1-4H3/t8-,14+/m1/s1. The number of benzene rings is 1. The molecule has 3 heteroatoms. The van der Waals surface area contributed by atoms with Gasteiger partial charge in [0, 0.05) is 5.56 Å². The summed E-state index contributed by atoms with van der Waals surface area (Å²) in [4.78, 5) is 0. The van der Waals surface area contributed by atoms with Gasteiger partial charge in [0.1, 0.15) is 17.1 Å². The average molecular weight is 236 g/mol. The van der Waals surface area contributed by atoms with Crippen LogP contribution in [0.5, 0.6) is 11.5 Å². The van der Waals surface area contributed by atoms with E-state index in [2.05, 4.69) is 6.92 Å². The van der Waals surface area contributed by atoms with Crippen molar-refractivity contribution in [3.63, 3.8) is 0 Å². The molecule has 94 valence electrons. The number of hydrogen-bond donors (Lipinski definition) is 2. The van der Waals surface area contributed by atoms with Crippen LogP contribution >= 0.6 is 0 Å². The third kappa shape index (κ3) is 1.89. The molecular formula is C14H20O3. The van der Waals surface area contributed by atoms with Crippen molar-refractivity contribution in [3.05, 3.63) is 22.8 Å². The van der Waals surface area contributed by atoms with Gasteiger partial charge < -0.3 is 14.9 Å². The Labute approximate surface area is 102 Å². The largest absolute Gasteiger partial charge is 0.508 e. The van der Waals surface area contributed by atoms with Crippen LogP contribution in [0.2, 0.25) is 0 Å². The van der Waals surface area contributed by atoms with E-state index in [9.17, 15) is 10.2 Å². The van der Waals surface area contributed by atoms with Gasteiger partial charge in [-0.2, -0.15) is 0 Å². The predicted molar refractivity (Wildman–Crippen MR) is 66.7 cm³/mol. The summed E-state index contributed by atoms with van der Waals surface area (Å²) in [5.41, 5.74) is 2.33. The van der Waals surface area contributed by atoms with Gasteiger partial charge in [0.2, 0.25) is 0 Å². The minimum absolute atomic E-state index is 0.0101. The molecule has 0 unspecified atom stereocenters. The van der Waals surface area contributed by atoms with Crippen molar-refractivity contribution in [2.24, 2.45) is 0 Å². The lowest BCUT2D eigenvalue weighted by Crippen LogP contribution is -2.41. The zero-order chi connectivity index (χ0) is 12.8. The summed E-state index contributed by atoms with van der Waals surface area (Å²) in [7, 11) is 0. The van der Waals surface area contributed by atoms with Gasteiger partial charge in [-0.25, -0.2) is 0 Å². The summed E-state index contributed by atoms with van der Waals surface area (Å²) < 4.78 is 5.94. The van der Waals surface area contributed by atoms with Crippen LogP contribution in [-0.2, 0) is 0 Å². The van der Waals surface area contributed by atoms with Gasteiger partial charge in [-0.15, -0.1) is 0 Å². The fourth-order valence-corrected chi connectivity index (χ4v) is 2.54. The Kier molecular flexibility index (Phi) is 2.82. The van der Waals surface area contributed by atoms with E-state index in [0.717, 1.165) is 28.9 Å². The monoisotopic (exact) mass is 236 g/mol. The van der Waals surface area contributed by atoms with Crippen molar-refractivity contribution in [1.82, 2.24) is 0 Å². The third-order valence-electron chi connectivity index (χ3n) is 3.79. The first-order valence-corrected chi connectivity index (χ1v) is 6.01. The Bertz CT molecular complexity index is 453. The first-order chi connectivity index (χ1) is 7.88. The second-order valence-electron chi connectivity index (χ2n) is 5.38. The fourth-order valence-electron chi connectivity index (χ4n) is 2.54. The Hall–Kier alpha value is -1.22. The summed E-state index contributed by atoms with van der Waals surface area (Å²) in [5, 5.41) is 19.3. The van der Waals surface area contributed by atoms with Crippen LogP contribution in [-0.4, -0.2) is 22.4 Å². The van der Waals surface area contributed by atoms with Gasteiger partial charge >= 0.3 is 0 Å². The number of ether oxygens (including phenoxy) is 1. The number of aromatic hydroxyl groups is 1. The lowest BCUT2D eigenvalue weighted by molar-refractivity contribution is 0.000593. The van der Waals surface area contributed by atoms with Crippen molar-refractivity contribution in [1.29, 1.82) is 0 Å². The molecule has 1 aromatic carbocycles. The summed E-state index contributed by atoms with van der Waals surface area (Å²) in [6.45, 7) is 7.86. The Morgan fingerprint density at radius 2 is 2.06 bits per heavy atom. The first kappa shape index (κ1) is 12.2. The van der Waals surface area contributed by atoms with Crippen LogP contribution in [0.4, 0.5) is 0 Å². The van der Waals surface area contributed by atoms with Crippen LogP contribution in [0.25, 0.3) is 0 Å². The van der Waals surface area contributed by atoms with Crippen LogP contribution < -0.4 is 4.74 Å². The van der Waals surface area contributed by atoms with E-state index in [1.807, 2.05) is 20.8 Å². The Balaban J connectivity index is 2.57. The van der Waals surface area contributed by atoms with Gasteiger partial charge in [-0.05, 0) is 50.3 Å². The lowest BCUT2D eigenvalue weighted by Gasteiger charge is -2.39. The molecule has 0 aromatic heterocycles. The minimum atomic E-state index is -0.513. The number of aliphatic hydroxyl groups is 1. The van der Waals surface area contributed by atoms with Crippen LogP contribution in [0, 0.1) is 13.8 Å². The molecule has 1 aliphatic rings. The van der Waals surface area contributed by atoms with Crippen molar-refractivity contribution in [2.45, 2.75) is 45.6 Å². The van der Waals surface area contributed by atoms with Gasteiger partial charge in [-0.3, -0.25) is 0 Å². The van der Waals surface area contributed by atoms with Gasteiger partial charge in [-0.1, -0.05) is 6.92 Å². The molecule has 1 heterocycles. The van der Waals surface area contributed by atoms with E-state index in [1.54, 1.807) is 6.07 Å². The van der Waals surface area contributed by atoms with E-state index in [-0.39, 0.29) is 12.5 Å². The second-order valence-corrected chi connectivity index (χ2v) is 5.38. The summed E-state index contributed by atoms with van der Waals surface area (Å²) in [6, 6.07) is 1.79. The van der Waals surface area contributed by atoms with E-state index < -0.39 is 5.60 Å². The molecule has 2 N–H and O–H groups in total. The molecule has 2 atom stereocenters. The Morgan fingerprint density at radius 3 is 2.65 bits per heavy atom. The van der Waals surface area contributed by atoms with Crippen molar-refractivity contribution in [3.8, 4) is 11.5 Å². The highest BCUT2D eigenvalue weighted by atomic mass is 16.5. The number of hydrogen-bond acceptors (Lipinski definition) is 3. The number of aliphatic hydroxyl groups excluding tert-OH is 1. The SMILES string of the molecule is Cc1c(O)cc2c(c1C)O[C@](C)(CO)C[C@H]2C. The quantitative estimate of drug-likeness (QED) is 0.788. The highest BCUT2D eigenvalue weighted by Gasteiger charge is 2.36. The van der Waals surface area contributed by atoms with Gasteiger partial charge in [0.25, 0.3) is 0 Å². The maximum atomic E-state index is 9.86. The van der Waals surface area contributed by atoms with Crippen LogP contribution in [0.1, 0.15) is 42.9 Å². The normalized spacial score (nSPS) is 27.5. The predicted octanol–water partition coefficient (Wildman–Crippen LogP) is 2.65. The lowest BCUT2D eigenvalue weighted by atomic mass is 9.83. The molecule has 3 nitrogen and oxygen atoms in total. The van der Waals surface area contributed by atoms with E-state index >= 15 is 0 Å². The molecule has 17 heavy (non-hydrogen) atoms. The molecule has 1 aromatic rings. The third-order valence-corrected chi connectivity index (χ3v) is 3.79. The summed E-state index contributed by atoms with van der Waals surface area (Å²) >= 11 is 0. The van der Waals surface area contributed by atoms with Gasteiger partial charge in [0.15, 0.2) is 0 Å². The molecule has 2 rings (SSSR count). The molecule has 0 saturated heterocycles. The van der Waals surface area contributed by atoms with E-state index in [0.29, 0.717) is 5.75 Å². The maximum Gasteiger partial charge on any atom is 0.130 e. The zero-order valence-electron chi connectivity index (χ0n) is 10.9. The topological polar surface area (TPSA) is 49.7 Å². The number of fused-ring (bicyclic) bond motifs is 1. The molecule has 0 spiro atoms.